The fourth-order valence-corrected chi connectivity index (χ4v) is 1.66. The maximum absolute atomic E-state index is 13.8. The summed E-state index contributed by atoms with van der Waals surface area (Å²) in [4.78, 5) is 0.810. The zero-order chi connectivity index (χ0) is 13.7. The van der Waals surface area contributed by atoms with E-state index in [1.807, 2.05) is 0 Å². The summed E-state index contributed by atoms with van der Waals surface area (Å²) in [6.45, 7) is 2.48. The third-order valence-corrected chi connectivity index (χ3v) is 2.64. The first-order valence-electron chi connectivity index (χ1n) is 5.87. The van der Waals surface area contributed by atoms with Crippen LogP contribution in [-0.2, 0) is 6.54 Å². The largest absolute Gasteiger partial charge is 0.389 e. The van der Waals surface area contributed by atoms with Gasteiger partial charge in [0.2, 0.25) is 0 Å². The zero-order valence-corrected chi connectivity index (χ0v) is 10.5. The van der Waals surface area contributed by atoms with Crippen molar-refractivity contribution in [2.75, 3.05) is 0 Å². The monoisotopic (exact) mass is 259 g/mol. The molecule has 0 aromatic heterocycles. The first-order valence-corrected chi connectivity index (χ1v) is 5.87. The molecule has 0 bridgehead atoms. The average Bonchev–Trinajstić information content (AvgIpc) is 2.35. The minimum atomic E-state index is -1.87. The molecule has 4 unspecified atom stereocenters. The van der Waals surface area contributed by atoms with Crippen LogP contribution in [0.3, 0.4) is 0 Å². The predicted molar refractivity (Wildman–Crippen MR) is 65.1 cm³/mol. The highest BCUT2D eigenvalue weighted by Gasteiger charge is 2.32. The van der Waals surface area contributed by atoms with Gasteiger partial charge in [-0.25, -0.2) is 13.7 Å². The van der Waals surface area contributed by atoms with Gasteiger partial charge in [-0.15, -0.1) is 0 Å². The van der Waals surface area contributed by atoms with Gasteiger partial charge in [0.15, 0.2) is 12.6 Å². The summed E-state index contributed by atoms with van der Waals surface area (Å²) in [5.74, 6) is 0. The molecule has 0 aliphatic carbocycles. The zero-order valence-electron chi connectivity index (χ0n) is 10.5. The van der Waals surface area contributed by atoms with Gasteiger partial charge >= 0.3 is 0 Å². The quantitative estimate of drug-likeness (QED) is 0.766. The number of halogens is 2. The third-order valence-electron chi connectivity index (χ3n) is 2.64. The Hall–Kier alpha value is -1.04. The van der Waals surface area contributed by atoms with Crippen LogP contribution in [0.4, 0.5) is 8.78 Å². The Morgan fingerprint density at radius 3 is 1.83 bits per heavy atom. The van der Waals surface area contributed by atoms with E-state index < -0.39 is 24.8 Å². The number of alkyl halides is 2. The molecule has 3 nitrogen and oxygen atoms in total. The van der Waals surface area contributed by atoms with E-state index in [4.69, 9.17) is 0 Å². The molecule has 0 fully saturated rings. The van der Waals surface area contributed by atoms with E-state index in [1.54, 1.807) is 30.3 Å². The summed E-state index contributed by atoms with van der Waals surface area (Å²) < 4.78 is 27.6. The smallest absolute Gasteiger partial charge is 0.182 e. The molecule has 1 aromatic rings. The van der Waals surface area contributed by atoms with E-state index in [0.29, 0.717) is 5.56 Å². The Morgan fingerprint density at radius 2 is 1.44 bits per heavy atom. The Labute approximate surface area is 106 Å². The molecule has 0 spiro atoms. The van der Waals surface area contributed by atoms with Crippen LogP contribution >= 0.6 is 0 Å². The van der Waals surface area contributed by atoms with E-state index in [-0.39, 0.29) is 6.54 Å². The molecule has 0 radical (unpaired) electrons. The maximum Gasteiger partial charge on any atom is 0.182 e. The van der Waals surface area contributed by atoms with Gasteiger partial charge in [-0.3, -0.25) is 0 Å². The second-order valence-corrected chi connectivity index (χ2v) is 4.38. The summed E-state index contributed by atoms with van der Waals surface area (Å²) in [5, 5.41) is 18.5. The molecule has 0 amide bonds. The minimum absolute atomic E-state index is 0.0149. The maximum atomic E-state index is 13.8. The van der Waals surface area contributed by atoms with Gasteiger partial charge in [-0.05, 0) is 19.4 Å². The van der Waals surface area contributed by atoms with Gasteiger partial charge in [-0.1, -0.05) is 30.3 Å². The Morgan fingerprint density at radius 1 is 1.00 bits per heavy atom. The number of rotatable bonds is 6. The van der Waals surface area contributed by atoms with Gasteiger partial charge in [0.05, 0.1) is 12.2 Å². The van der Waals surface area contributed by atoms with Crippen molar-refractivity contribution in [1.82, 2.24) is 4.90 Å². The summed E-state index contributed by atoms with van der Waals surface area (Å²) in [6, 6.07) is 8.79. The van der Waals surface area contributed by atoms with Crippen LogP contribution in [0.1, 0.15) is 19.4 Å². The number of aliphatic hydroxyl groups excluding tert-OH is 2. The molecule has 0 saturated carbocycles. The van der Waals surface area contributed by atoms with Gasteiger partial charge in [0.1, 0.15) is 0 Å². The van der Waals surface area contributed by atoms with Crippen molar-refractivity contribution >= 4 is 0 Å². The Bertz CT molecular complexity index is 332. The van der Waals surface area contributed by atoms with Crippen molar-refractivity contribution < 1.29 is 19.0 Å². The second kappa shape index (κ2) is 6.78. The number of hydrogen-bond donors (Lipinski definition) is 2. The number of hydrogen-bond acceptors (Lipinski definition) is 3. The lowest BCUT2D eigenvalue weighted by Gasteiger charge is -2.32. The van der Waals surface area contributed by atoms with Crippen LogP contribution in [0.5, 0.6) is 0 Å². The fraction of sp³-hybridized carbons (Fsp3) is 0.538. The molecule has 4 atom stereocenters. The van der Waals surface area contributed by atoms with Crippen molar-refractivity contribution in [3.8, 4) is 0 Å². The van der Waals surface area contributed by atoms with E-state index in [1.165, 1.54) is 13.8 Å². The SMILES string of the molecule is CC(O)C(F)N(Cc1ccccc1)C(F)C(C)O. The molecule has 1 aromatic carbocycles. The topological polar surface area (TPSA) is 43.7 Å². The van der Waals surface area contributed by atoms with Crippen LogP contribution in [0, 0.1) is 0 Å². The summed E-state index contributed by atoms with van der Waals surface area (Å²) in [6.07, 6.45) is -6.39. The molecule has 2 N–H and O–H groups in total. The van der Waals surface area contributed by atoms with Gasteiger partial charge in [0, 0.05) is 6.54 Å². The van der Waals surface area contributed by atoms with Crippen molar-refractivity contribution in [2.45, 2.75) is 45.2 Å². The number of nitrogens with zero attached hydrogens (tertiary/aromatic N) is 1. The Balaban J connectivity index is 2.84. The average molecular weight is 259 g/mol. The van der Waals surface area contributed by atoms with E-state index in [0.717, 1.165) is 4.90 Å². The normalized spacial score (nSPS) is 18.4. The van der Waals surface area contributed by atoms with Crippen LogP contribution in [-0.4, -0.2) is 39.9 Å². The van der Waals surface area contributed by atoms with Crippen molar-refractivity contribution in [2.24, 2.45) is 0 Å². The molecule has 0 aliphatic heterocycles. The predicted octanol–water partition coefficient (Wildman–Crippen LogP) is 1.84. The molecular formula is C13H19F2NO2. The first-order chi connectivity index (χ1) is 8.43. The number of aliphatic hydroxyl groups is 2. The first kappa shape index (κ1) is 15.0. The van der Waals surface area contributed by atoms with E-state index >= 15 is 0 Å². The van der Waals surface area contributed by atoms with Crippen molar-refractivity contribution in [3.63, 3.8) is 0 Å². The molecule has 0 saturated heterocycles. The highest BCUT2D eigenvalue weighted by molar-refractivity contribution is 5.14. The third kappa shape index (κ3) is 4.01. The summed E-state index contributed by atoms with van der Waals surface area (Å²) >= 11 is 0. The van der Waals surface area contributed by atoms with Crippen LogP contribution in [0.2, 0.25) is 0 Å². The molecule has 102 valence electrons. The minimum Gasteiger partial charge on any atom is -0.389 e. The lowest BCUT2D eigenvalue weighted by molar-refractivity contribution is -0.115. The van der Waals surface area contributed by atoms with Crippen LogP contribution < -0.4 is 0 Å². The molecule has 5 heteroatoms. The molecule has 1 rings (SSSR count). The standard InChI is InChI=1S/C13H19F2NO2/c1-9(17)12(14)16(13(15)10(2)18)8-11-6-4-3-5-7-11/h3-7,9-10,12-13,17-18H,8H2,1-2H3. The van der Waals surface area contributed by atoms with Gasteiger partial charge in [-0.2, -0.15) is 0 Å². The highest BCUT2D eigenvalue weighted by Crippen LogP contribution is 2.19. The molecule has 0 heterocycles. The Kier molecular flexibility index (Phi) is 5.65. The van der Waals surface area contributed by atoms with Crippen molar-refractivity contribution in [1.29, 1.82) is 0 Å². The van der Waals surface area contributed by atoms with E-state index in [9.17, 15) is 19.0 Å². The summed E-state index contributed by atoms with van der Waals surface area (Å²) in [5.41, 5.74) is 0.712. The molecule has 18 heavy (non-hydrogen) atoms. The lowest BCUT2D eigenvalue weighted by atomic mass is 10.2. The van der Waals surface area contributed by atoms with Crippen LogP contribution in [0.15, 0.2) is 30.3 Å². The molecular weight excluding hydrogens is 240 g/mol. The van der Waals surface area contributed by atoms with E-state index in [2.05, 4.69) is 0 Å². The molecule has 0 aliphatic rings. The van der Waals surface area contributed by atoms with Gasteiger partial charge in [0.25, 0.3) is 0 Å². The number of benzene rings is 1. The van der Waals surface area contributed by atoms with Crippen LogP contribution in [0.25, 0.3) is 0 Å². The second-order valence-electron chi connectivity index (χ2n) is 4.38. The van der Waals surface area contributed by atoms with Gasteiger partial charge < -0.3 is 10.2 Å². The highest BCUT2D eigenvalue weighted by atomic mass is 19.2. The lowest BCUT2D eigenvalue weighted by Crippen LogP contribution is -2.47. The summed E-state index contributed by atoms with van der Waals surface area (Å²) in [7, 11) is 0. The van der Waals surface area contributed by atoms with Crippen molar-refractivity contribution in [3.05, 3.63) is 35.9 Å². The fourth-order valence-electron chi connectivity index (χ4n) is 1.66.